The van der Waals surface area contributed by atoms with Gasteiger partial charge in [-0.25, -0.2) is 4.98 Å². The molecule has 0 aliphatic carbocycles. The molecule has 140 valence electrons. The van der Waals surface area contributed by atoms with Crippen molar-refractivity contribution in [1.29, 1.82) is 0 Å². The summed E-state index contributed by atoms with van der Waals surface area (Å²) < 4.78 is 1.12. The molecular formula is C18H25N5O2S. The molecule has 0 saturated carbocycles. The predicted octanol–water partition coefficient (Wildman–Crippen LogP) is 1.51. The molecule has 0 radical (unpaired) electrons. The minimum Gasteiger partial charge on any atom is -0.368 e. The van der Waals surface area contributed by atoms with E-state index in [0.717, 1.165) is 21.8 Å². The van der Waals surface area contributed by atoms with Crippen LogP contribution in [0.15, 0.2) is 24.3 Å². The van der Waals surface area contributed by atoms with E-state index in [-0.39, 0.29) is 11.8 Å². The zero-order valence-corrected chi connectivity index (χ0v) is 16.0. The summed E-state index contributed by atoms with van der Waals surface area (Å²) in [6.45, 7) is 1.54. The highest BCUT2D eigenvalue weighted by Gasteiger charge is 2.43. The molecule has 0 spiro atoms. The van der Waals surface area contributed by atoms with Gasteiger partial charge in [0.1, 0.15) is 5.54 Å². The van der Waals surface area contributed by atoms with Crippen LogP contribution in [-0.2, 0) is 9.59 Å². The van der Waals surface area contributed by atoms with E-state index in [9.17, 15) is 9.59 Å². The molecule has 1 aliphatic rings. The number of benzene rings is 1. The summed E-state index contributed by atoms with van der Waals surface area (Å²) in [5, 5.41) is 4.05. The van der Waals surface area contributed by atoms with Crippen LogP contribution >= 0.6 is 11.3 Å². The fraction of sp³-hybridized carbons (Fsp3) is 0.500. The highest BCUT2D eigenvalue weighted by Crippen LogP contribution is 2.27. The maximum atomic E-state index is 12.6. The van der Waals surface area contributed by atoms with Crippen molar-refractivity contribution < 1.29 is 9.59 Å². The summed E-state index contributed by atoms with van der Waals surface area (Å²) in [6.07, 6.45) is 1.82. The van der Waals surface area contributed by atoms with E-state index in [1.807, 2.05) is 43.3 Å². The molecule has 2 aromatic rings. The number of thiazole rings is 1. The topological polar surface area (TPSA) is 91.6 Å². The van der Waals surface area contributed by atoms with Crippen LogP contribution in [0.4, 0.5) is 5.13 Å². The Balaban J connectivity index is 1.56. The van der Waals surface area contributed by atoms with Crippen LogP contribution in [0.2, 0.25) is 0 Å². The molecule has 8 heteroatoms. The average molecular weight is 375 g/mol. The van der Waals surface area contributed by atoms with Crippen molar-refractivity contribution in [2.75, 3.05) is 39.0 Å². The largest absolute Gasteiger partial charge is 0.368 e. The quantitative estimate of drug-likeness (QED) is 0.798. The number of likely N-dealkylation sites (tertiary alicyclic amines) is 1. The zero-order valence-electron chi connectivity index (χ0n) is 15.2. The van der Waals surface area contributed by atoms with Crippen molar-refractivity contribution in [3.8, 4) is 0 Å². The number of nitrogens with two attached hydrogens (primary N) is 1. The Kier molecular flexibility index (Phi) is 5.43. The molecule has 3 rings (SSSR count). The molecule has 1 atom stereocenters. The minimum atomic E-state index is -0.769. The van der Waals surface area contributed by atoms with Crippen LogP contribution in [0, 0.1) is 0 Å². The monoisotopic (exact) mass is 375 g/mol. The third-order valence-electron chi connectivity index (χ3n) is 5.05. The highest BCUT2D eigenvalue weighted by atomic mass is 32.1. The van der Waals surface area contributed by atoms with Gasteiger partial charge in [-0.05, 0) is 39.1 Å². The number of rotatable bonds is 6. The number of hydrogen-bond donors (Lipinski definition) is 2. The second kappa shape index (κ2) is 7.59. The number of amides is 2. The number of likely N-dealkylation sites (N-methyl/N-ethyl adjacent to an activating group) is 1. The first kappa shape index (κ1) is 18.6. The fourth-order valence-corrected chi connectivity index (χ4v) is 4.31. The van der Waals surface area contributed by atoms with Gasteiger partial charge in [0.15, 0.2) is 5.13 Å². The van der Waals surface area contributed by atoms with Gasteiger partial charge in [0.25, 0.3) is 0 Å². The molecule has 26 heavy (non-hydrogen) atoms. The highest BCUT2D eigenvalue weighted by molar-refractivity contribution is 7.22. The maximum absolute atomic E-state index is 12.6. The standard InChI is InChI=1S/C18H25N5O2S/c1-22(2)18(16(19)25)9-5-11-23(12-18)15(24)8-10-20-17-21-13-6-3-4-7-14(13)26-17/h3-4,6-7H,5,8-12H2,1-2H3,(H2,19,25)(H,20,21). The lowest BCUT2D eigenvalue weighted by Crippen LogP contribution is -2.64. The molecule has 1 fully saturated rings. The van der Waals surface area contributed by atoms with Gasteiger partial charge in [0, 0.05) is 26.1 Å². The number of anilines is 1. The molecule has 1 saturated heterocycles. The Morgan fingerprint density at radius 2 is 2.15 bits per heavy atom. The lowest BCUT2D eigenvalue weighted by atomic mass is 9.87. The summed E-state index contributed by atoms with van der Waals surface area (Å²) in [7, 11) is 3.68. The molecule has 7 nitrogen and oxygen atoms in total. The number of aromatic nitrogens is 1. The Morgan fingerprint density at radius 3 is 2.85 bits per heavy atom. The predicted molar refractivity (Wildman–Crippen MR) is 104 cm³/mol. The van der Waals surface area contributed by atoms with Gasteiger partial charge >= 0.3 is 0 Å². The Bertz CT molecular complexity index is 773. The van der Waals surface area contributed by atoms with Crippen LogP contribution in [0.25, 0.3) is 10.2 Å². The summed E-state index contributed by atoms with van der Waals surface area (Å²) in [4.78, 5) is 32.7. The van der Waals surface area contributed by atoms with E-state index in [0.29, 0.717) is 32.5 Å². The number of carbonyl (C=O) groups is 2. The molecule has 1 aromatic carbocycles. The molecule has 1 aliphatic heterocycles. The first-order valence-electron chi connectivity index (χ1n) is 8.77. The first-order valence-corrected chi connectivity index (χ1v) is 9.58. The van der Waals surface area contributed by atoms with Gasteiger partial charge in [-0.15, -0.1) is 0 Å². The molecule has 2 amide bonds. The number of fused-ring (bicyclic) bond motifs is 1. The summed E-state index contributed by atoms with van der Waals surface area (Å²) in [5.74, 6) is -0.335. The molecule has 1 unspecified atom stereocenters. The number of carbonyl (C=O) groups excluding carboxylic acids is 2. The number of nitrogens with one attached hydrogen (secondary N) is 1. The lowest BCUT2D eigenvalue weighted by molar-refractivity contribution is -0.140. The Hall–Kier alpha value is -2.19. The average Bonchev–Trinajstić information content (AvgIpc) is 3.04. The number of nitrogens with zero attached hydrogens (tertiary/aromatic N) is 3. The van der Waals surface area contributed by atoms with Crippen molar-refractivity contribution in [3.63, 3.8) is 0 Å². The third kappa shape index (κ3) is 3.66. The van der Waals surface area contributed by atoms with E-state index in [4.69, 9.17) is 5.73 Å². The summed E-state index contributed by atoms with van der Waals surface area (Å²) in [6, 6.07) is 7.95. The molecule has 2 heterocycles. The number of piperidine rings is 1. The van der Waals surface area contributed by atoms with Gasteiger partial charge in [0.2, 0.25) is 11.8 Å². The van der Waals surface area contributed by atoms with E-state index in [1.165, 1.54) is 0 Å². The van der Waals surface area contributed by atoms with Crippen LogP contribution in [-0.4, -0.2) is 65.9 Å². The second-order valence-electron chi connectivity index (χ2n) is 6.87. The Morgan fingerprint density at radius 1 is 1.38 bits per heavy atom. The van der Waals surface area contributed by atoms with Gasteiger partial charge in [-0.2, -0.15) is 0 Å². The van der Waals surface area contributed by atoms with Crippen LogP contribution < -0.4 is 11.1 Å². The summed E-state index contributed by atoms with van der Waals surface area (Å²) in [5.41, 5.74) is 5.83. The van der Waals surface area contributed by atoms with Gasteiger partial charge in [0.05, 0.1) is 10.2 Å². The van der Waals surface area contributed by atoms with Crippen LogP contribution in [0.1, 0.15) is 19.3 Å². The van der Waals surface area contributed by atoms with Crippen molar-refractivity contribution in [1.82, 2.24) is 14.8 Å². The SMILES string of the molecule is CN(C)C1(C(N)=O)CCCN(C(=O)CCNc2nc3ccccc3s2)C1. The minimum absolute atomic E-state index is 0.0331. The first-order chi connectivity index (χ1) is 12.4. The van der Waals surface area contributed by atoms with E-state index < -0.39 is 5.54 Å². The van der Waals surface area contributed by atoms with Gasteiger partial charge in [-0.1, -0.05) is 23.5 Å². The van der Waals surface area contributed by atoms with Crippen molar-refractivity contribution in [3.05, 3.63) is 24.3 Å². The zero-order chi connectivity index (χ0) is 18.7. The normalized spacial score (nSPS) is 20.5. The van der Waals surface area contributed by atoms with E-state index >= 15 is 0 Å². The van der Waals surface area contributed by atoms with Crippen molar-refractivity contribution >= 4 is 38.5 Å². The van der Waals surface area contributed by atoms with Gasteiger partial charge in [-0.3, -0.25) is 14.5 Å². The number of para-hydroxylation sites is 1. The Labute approximate surface area is 157 Å². The lowest BCUT2D eigenvalue weighted by Gasteiger charge is -2.44. The van der Waals surface area contributed by atoms with Gasteiger partial charge < -0.3 is 16.0 Å². The molecular weight excluding hydrogens is 350 g/mol. The summed E-state index contributed by atoms with van der Waals surface area (Å²) >= 11 is 1.58. The van der Waals surface area contributed by atoms with Crippen molar-refractivity contribution in [2.24, 2.45) is 5.73 Å². The molecule has 3 N–H and O–H groups in total. The van der Waals surface area contributed by atoms with Crippen LogP contribution in [0.5, 0.6) is 0 Å². The third-order valence-corrected chi connectivity index (χ3v) is 6.04. The fourth-order valence-electron chi connectivity index (χ4n) is 3.42. The number of primary amides is 1. The van der Waals surface area contributed by atoms with E-state index in [1.54, 1.807) is 16.2 Å². The van der Waals surface area contributed by atoms with Crippen molar-refractivity contribution in [2.45, 2.75) is 24.8 Å². The molecule has 1 aromatic heterocycles. The maximum Gasteiger partial charge on any atom is 0.239 e. The van der Waals surface area contributed by atoms with E-state index in [2.05, 4.69) is 10.3 Å². The second-order valence-corrected chi connectivity index (χ2v) is 7.90. The number of hydrogen-bond acceptors (Lipinski definition) is 6. The van der Waals surface area contributed by atoms with Crippen LogP contribution in [0.3, 0.4) is 0 Å². The molecule has 0 bridgehead atoms. The smallest absolute Gasteiger partial charge is 0.239 e.